The molecule has 0 aromatic heterocycles. The van der Waals surface area contributed by atoms with Gasteiger partial charge in [-0.3, -0.25) is 4.90 Å². The predicted octanol–water partition coefficient (Wildman–Crippen LogP) is 2.99. The number of anilines is 1. The fourth-order valence-electron chi connectivity index (χ4n) is 4.01. The normalized spacial score (nSPS) is 19.2. The second kappa shape index (κ2) is 9.03. The Labute approximate surface area is 173 Å². The van der Waals surface area contributed by atoms with Crippen molar-refractivity contribution in [2.75, 3.05) is 51.3 Å². The predicted molar refractivity (Wildman–Crippen MR) is 112 cm³/mol. The molecule has 2 heterocycles. The highest BCUT2D eigenvalue weighted by Gasteiger charge is 2.30. The molecule has 7 nitrogen and oxygen atoms in total. The Hall–Kier alpha value is -2.28. The summed E-state index contributed by atoms with van der Waals surface area (Å²) in [4.78, 5) is 30.5. The minimum atomic E-state index is -0.448. The van der Waals surface area contributed by atoms with E-state index in [0.29, 0.717) is 11.6 Å². The summed E-state index contributed by atoms with van der Waals surface area (Å²) in [6.07, 6.45) is 2.00. The molecule has 0 unspecified atom stereocenters. The van der Waals surface area contributed by atoms with Crippen molar-refractivity contribution < 1.29 is 19.1 Å². The quantitative estimate of drug-likeness (QED) is 0.723. The fourth-order valence-corrected chi connectivity index (χ4v) is 4.01. The second-order valence-electron chi connectivity index (χ2n) is 8.76. The third kappa shape index (κ3) is 5.63. The first kappa shape index (κ1) is 21.4. The molecule has 7 heteroatoms. The van der Waals surface area contributed by atoms with Gasteiger partial charge in [0.1, 0.15) is 5.60 Å². The summed E-state index contributed by atoms with van der Waals surface area (Å²) in [6.45, 7) is 10.9. The summed E-state index contributed by atoms with van der Waals surface area (Å²) in [6, 6.07) is 8.19. The molecular weight excluding hydrogens is 370 g/mol. The van der Waals surface area contributed by atoms with E-state index in [4.69, 9.17) is 9.47 Å². The van der Waals surface area contributed by atoms with Gasteiger partial charge in [0.2, 0.25) is 0 Å². The largest absolute Gasteiger partial charge is 0.465 e. The number of nitrogens with zero attached hydrogens (tertiary/aromatic N) is 3. The maximum Gasteiger partial charge on any atom is 0.410 e. The summed E-state index contributed by atoms with van der Waals surface area (Å²) in [5, 5.41) is 0. The van der Waals surface area contributed by atoms with Gasteiger partial charge in [0.25, 0.3) is 0 Å². The molecule has 0 radical (unpaired) electrons. The SMILES string of the molecule is COC(=O)c1ccc(N2CCC(N3CCN(C(=O)OC(C)(C)C)CC3)CC2)cc1. The minimum absolute atomic E-state index is 0.206. The Morgan fingerprint density at radius 2 is 1.52 bits per heavy atom. The molecule has 0 saturated carbocycles. The van der Waals surface area contributed by atoms with E-state index >= 15 is 0 Å². The van der Waals surface area contributed by atoms with Crippen LogP contribution in [0.15, 0.2) is 24.3 Å². The molecule has 160 valence electrons. The van der Waals surface area contributed by atoms with Crippen LogP contribution in [-0.2, 0) is 9.47 Å². The number of hydrogen-bond acceptors (Lipinski definition) is 6. The van der Waals surface area contributed by atoms with Crippen LogP contribution in [0.4, 0.5) is 10.5 Å². The molecule has 0 spiro atoms. The summed E-state index contributed by atoms with van der Waals surface area (Å²) in [7, 11) is 1.40. The van der Waals surface area contributed by atoms with Crippen molar-refractivity contribution >= 4 is 17.7 Å². The molecule has 2 saturated heterocycles. The smallest absolute Gasteiger partial charge is 0.410 e. The molecule has 2 aliphatic heterocycles. The molecule has 3 rings (SSSR count). The highest BCUT2D eigenvalue weighted by atomic mass is 16.6. The lowest BCUT2D eigenvalue weighted by atomic mass is 10.0. The Morgan fingerprint density at radius 1 is 0.931 bits per heavy atom. The zero-order chi connectivity index (χ0) is 21.0. The van der Waals surface area contributed by atoms with Crippen LogP contribution in [0.25, 0.3) is 0 Å². The Morgan fingerprint density at radius 3 is 2.03 bits per heavy atom. The molecule has 0 bridgehead atoms. The van der Waals surface area contributed by atoms with Crippen LogP contribution in [0.3, 0.4) is 0 Å². The van der Waals surface area contributed by atoms with Gasteiger partial charge in [0.05, 0.1) is 12.7 Å². The molecule has 0 atom stereocenters. The van der Waals surface area contributed by atoms with E-state index in [1.54, 1.807) is 0 Å². The number of esters is 1. The highest BCUT2D eigenvalue weighted by Crippen LogP contribution is 2.24. The van der Waals surface area contributed by atoms with Crippen LogP contribution >= 0.6 is 0 Å². The zero-order valence-electron chi connectivity index (χ0n) is 18.0. The molecule has 0 N–H and O–H groups in total. The van der Waals surface area contributed by atoms with Crippen LogP contribution in [0.5, 0.6) is 0 Å². The molecule has 1 aromatic rings. The number of methoxy groups -OCH3 is 1. The topological polar surface area (TPSA) is 62.3 Å². The van der Waals surface area contributed by atoms with Gasteiger partial charge in [-0.2, -0.15) is 0 Å². The van der Waals surface area contributed by atoms with Crippen molar-refractivity contribution in [1.82, 2.24) is 9.80 Å². The van der Waals surface area contributed by atoms with E-state index in [2.05, 4.69) is 9.80 Å². The average Bonchev–Trinajstić information content (AvgIpc) is 2.72. The lowest BCUT2D eigenvalue weighted by Crippen LogP contribution is -2.55. The van der Waals surface area contributed by atoms with E-state index in [1.165, 1.54) is 7.11 Å². The Bertz CT molecular complexity index is 698. The van der Waals surface area contributed by atoms with Crippen LogP contribution in [0.1, 0.15) is 44.0 Å². The van der Waals surface area contributed by atoms with Gasteiger partial charge in [0, 0.05) is 51.0 Å². The molecule has 2 fully saturated rings. The number of carbonyl (C=O) groups is 2. The van der Waals surface area contributed by atoms with Gasteiger partial charge in [-0.1, -0.05) is 0 Å². The van der Waals surface area contributed by atoms with E-state index < -0.39 is 5.60 Å². The summed E-state index contributed by atoms with van der Waals surface area (Å²) in [5.41, 5.74) is 1.27. The van der Waals surface area contributed by atoms with Gasteiger partial charge in [0.15, 0.2) is 0 Å². The van der Waals surface area contributed by atoms with Crippen LogP contribution < -0.4 is 4.90 Å². The number of hydrogen-bond donors (Lipinski definition) is 0. The standard InChI is InChI=1S/C22H33N3O4/c1-22(2,3)29-21(27)25-15-13-24(14-16-25)19-9-11-23(12-10-19)18-7-5-17(6-8-18)20(26)28-4/h5-8,19H,9-16H2,1-4H3. The molecule has 0 aliphatic carbocycles. The maximum atomic E-state index is 12.2. The maximum absolute atomic E-state index is 12.2. The number of piperazine rings is 1. The van der Waals surface area contributed by atoms with Crippen molar-refractivity contribution in [3.8, 4) is 0 Å². The van der Waals surface area contributed by atoms with Crippen LogP contribution in [0.2, 0.25) is 0 Å². The van der Waals surface area contributed by atoms with Crippen molar-refractivity contribution in [2.45, 2.75) is 45.3 Å². The lowest BCUT2D eigenvalue weighted by molar-refractivity contribution is 0.00900. The first-order valence-corrected chi connectivity index (χ1v) is 10.4. The van der Waals surface area contributed by atoms with E-state index in [1.807, 2.05) is 49.9 Å². The molecule has 29 heavy (non-hydrogen) atoms. The zero-order valence-corrected chi connectivity index (χ0v) is 18.0. The molecule has 1 amide bonds. The van der Waals surface area contributed by atoms with Crippen molar-refractivity contribution in [3.63, 3.8) is 0 Å². The summed E-state index contributed by atoms with van der Waals surface area (Å²) < 4.78 is 10.2. The van der Waals surface area contributed by atoms with Crippen molar-refractivity contribution in [3.05, 3.63) is 29.8 Å². The lowest BCUT2D eigenvalue weighted by Gasteiger charge is -2.43. The van der Waals surface area contributed by atoms with Gasteiger partial charge < -0.3 is 19.3 Å². The van der Waals surface area contributed by atoms with Gasteiger partial charge in [-0.25, -0.2) is 9.59 Å². The number of rotatable bonds is 3. The van der Waals surface area contributed by atoms with E-state index in [-0.39, 0.29) is 12.1 Å². The Balaban J connectivity index is 1.45. The number of carbonyl (C=O) groups excluding carboxylic acids is 2. The third-order valence-electron chi connectivity index (χ3n) is 5.60. The first-order chi connectivity index (χ1) is 13.8. The third-order valence-corrected chi connectivity index (χ3v) is 5.60. The average molecular weight is 404 g/mol. The molecular formula is C22H33N3O4. The fraction of sp³-hybridized carbons (Fsp3) is 0.636. The van der Waals surface area contributed by atoms with Gasteiger partial charge in [-0.15, -0.1) is 0 Å². The van der Waals surface area contributed by atoms with Gasteiger partial charge in [-0.05, 0) is 57.9 Å². The molecule has 2 aliphatic rings. The van der Waals surface area contributed by atoms with Crippen molar-refractivity contribution in [1.29, 1.82) is 0 Å². The minimum Gasteiger partial charge on any atom is -0.465 e. The number of benzene rings is 1. The summed E-state index contributed by atoms with van der Waals surface area (Å²) in [5.74, 6) is -0.305. The molecule has 1 aromatic carbocycles. The second-order valence-corrected chi connectivity index (χ2v) is 8.76. The summed E-state index contributed by atoms with van der Waals surface area (Å²) >= 11 is 0. The number of piperidine rings is 1. The number of ether oxygens (including phenoxy) is 2. The highest BCUT2D eigenvalue weighted by molar-refractivity contribution is 5.89. The van der Waals surface area contributed by atoms with Crippen molar-refractivity contribution in [2.24, 2.45) is 0 Å². The van der Waals surface area contributed by atoms with Crippen LogP contribution in [-0.4, -0.2) is 79.9 Å². The number of amides is 1. The first-order valence-electron chi connectivity index (χ1n) is 10.4. The van der Waals surface area contributed by atoms with E-state index in [9.17, 15) is 9.59 Å². The van der Waals surface area contributed by atoms with Gasteiger partial charge >= 0.3 is 12.1 Å². The van der Waals surface area contributed by atoms with Crippen LogP contribution in [0, 0.1) is 0 Å². The van der Waals surface area contributed by atoms with E-state index in [0.717, 1.165) is 57.8 Å². The monoisotopic (exact) mass is 403 g/mol. The Kier molecular flexibility index (Phi) is 6.67.